The third kappa shape index (κ3) is 3.63. The fraction of sp³-hybridized carbons (Fsp3) is 0.727. The van der Waals surface area contributed by atoms with Crippen LogP contribution in [0.3, 0.4) is 0 Å². The van der Waals surface area contributed by atoms with Crippen molar-refractivity contribution in [2.24, 2.45) is 0 Å². The molecule has 0 saturated carbocycles. The summed E-state index contributed by atoms with van der Waals surface area (Å²) in [4.78, 5) is 24.7. The maximum Gasteiger partial charge on any atom is 0.235 e. The Morgan fingerprint density at radius 2 is 2.25 bits per heavy atom. The highest BCUT2D eigenvalue weighted by Gasteiger charge is 2.27. The first-order valence-corrected chi connectivity index (χ1v) is 5.53. The molecule has 1 atom stereocenters. The van der Waals surface area contributed by atoms with Gasteiger partial charge in [-0.3, -0.25) is 14.5 Å². The van der Waals surface area contributed by atoms with Gasteiger partial charge in [-0.25, -0.2) is 0 Å². The van der Waals surface area contributed by atoms with Crippen molar-refractivity contribution in [3.63, 3.8) is 0 Å². The van der Waals surface area contributed by atoms with Gasteiger partial charge in [0.05, 0.1) is 18.7 Å². The number of carbonyl (C=O) groups excluding carboxylic acids is 2. The van der Waals surface area contributed by atoms with Gasteiger partial charge in [-0.1, -0.05) is 6.42 Å². The van der Waals surface area contributed by atoms with Crippen LogP contribution < -0.4 is 5.32 Å². The lowest BCUT2D eigenvalue weighted by Gasteiger charge is -2.33. The summed E-state index contributed by atoms with van der Waals surface area (Å²) in [6.45, 7) is 2.59. The number of nitrogens with zero attached hydrogens (tertiary/aromatic N) is 2. The Morgan fingerprint density at radius 3 is 2.88 bits per heavy atom. The van der Waals surface area contributed by atoms with Crippen molar-refractivity contribution in [1.82, 2.24) is 10.2 Å². The lowest BCUT2D eigenvalue weighted by Crippen LogP contribution is -2.48. The first-order chi connectivity index (χ1) is 7.65. The molecule has 5 heteroatoms. The number of Topliss-reactive ketones (excluding diaryl/α,β-unsaturated/α-hetero) is 1. The van der Waals surface area contributed by atoms with Gasteiger partial charge in [0.15, 0.2) is 0 Å². The Balaban J connectivity index is 2.47. The first-order valence-electron chi connectivity index (χ1n) is 5.53. The molecule has 88 valence electrons. The predicted molar refractivity (Wildman–Crippen MR) is 58.5 cm³/mol. The smallest absolute Gasteiger partial charge is 0.235 e. The molecule has 16 heavy (non-hydrogen) atoms. The zero-order valence-electron chi connectivity index (χ0n) is 9.53. The fourth-order valence-corrected chi connectivity index (χ4v) is 2.02. The van der Waals surface area contributed by atoms with E-state index in [1.54, 1.807) is 6.92 Å². The number of hydrogen-bond donors (Lipinski definition) is 1. The highest BCUT2D eigenvalue weighted by Crippen LogP contribution is 2.17. The van der Waals surface area contributed by atoms with Crippen molar-refractivity contribution in [2.45, 2.75) is 32.2 Å². The minimum absolute atomic E-state index is 0.0252. The van der Waals surface area contributed by atoms with Gasteiger partial charge >= 0.3 is 0 Å². The maximum atomic E-state index is 11.4. The zero-order valence-corrected chi connectivity index (χ0v) is 9.53. The number of amides is 1. The summed E-state index contributed by atoms with van der Waals surface area (Å²) in [5.74, 6) is -0.0671. The molecule has 1 saturated heterocycles. The number of carbonyl (C=O) groups is 2. The minimum Gasteiger partial charge on any atom is -0.342 e. The Bertz CT molecular complexity index is 309. The number of likely N-dealkylation sites (tertiary alicyclic amines) is 1. The van der Waals surface area contributed by atoms with E-state index in [9.17, 15) is 9.59 Å². The van der Waals surface area contributed by atoms with Crippen molar-refractivity contribution in [3.8, 4) is 6.07 Å². The van der Waals surface area contributed by atoms with Gasteiger partial charge < -0.3 is 5.32 Å². The molecule has 0 aliphatic carbocycles. The number of nitriles is 1. The normalized spacial score (nSPS) is 21.1. The van der Waals surface area contributed by atoms with Gasteiger partial charge in [0.25, 0.3) is 0 Å². The molecule has 1 heterocycles. The quantitative estimate of drug-likeness (QED) is 0.684. The molecule has 0 aromatic heterocycles. The summed E-state index contributed by atoms with van der Waals surface area (Å²) in [5, 5.41) is 10.8. The summed E-state index contributed by atoms with van der Waals surface area (Å²) in [7, 11) is 0. The fourth-order valence-electron chi connectivity index (χ4n) is 2.02. The van der Waals surface area contributed by atoms with Crippen molar-refractivity contribution in [3.05, 3.63) is 0 Å². The molecule has 1 aliphatic rings. The summed E-state index contributed by atoms with van der Waals surface area (Å²) in [6, 6.07) is 1.73. The van der Waals surface area contributed by atoms with E-state index < -0.39 is 0 Å². The highest BCUT2D eigenvalue weighted by atomic mass is 16.2. The number of rotatable bonds is 4. The molecule has 1 rings (SSSR count). The molecule has 0 aromatic carbocycles. The largest absolute Gasteiger partial charge is 0.342 e. The van der Waals surface area contributed by atoms with Crippen molar-refractivity contribution < 1.29 is 9.59 Å². The van der Waals surface area contributed by atoms with Crippen LogP contribution in [0.5, 0.6) is 0 Å². The molecule has 1 fully saturated rings. The Morgan fingerprint density at radius 1 is 1.50 bits per heavy atom. The molecule has 0 bridgehead atoms. The molecule has 1 aliphatic heterocycles. The van der Waals surface area contributed by atoms with E-state index in [2.05, 4.69) is 5.32 Å². The van der Waals surface area contributed by atoms with Crippen LogP contribution in [-0.2, 0) is 9.59 Å². The van der Waals surface area contributed by atoms with Gasteiger partial charge in [0.1, 0.15) is 12.3 Å². The van der Waals surface area contributed by atoms with E-state index in [1.807, 2.05) is 11.0 Å². The molecular weight excluding hydrogens is 206 g/mol. The van der Waals surface area contributed by atoms with E-state index in [-0.39, 0.29) is 30.8 Å². The molecule has 1 unspecified atom stereocenters. The Hall–Kier alpha value is -1.41. The monoisotopic (exact) mass is 223 g/mol. The molecule has 0 aromatic rings. The second-order valence-corrected chi connectivity index (χ2v) is 4.03. The number of nitrogens with one attached hydrogen (secondary N) is 1. The summed E-state index contributed by atoms with van der Waals surface area (Å²) < 4.78 is 0. The van der Waals surface area contributed by atoms with E-state index in [4.69, 9.17) is 5.26 Å². The average Bonchev–Trinajstić information content (AvgIpc) is 2.27. The lowest BCUT2D eigenvalue weighted by molar-refractivity contribution is -0.127. The van der Waals surface area contributed by atoms with E-state index >= 15 is 0 Å². The SMILES string of the molecule is CC(=O)C1CCCCN1CC(=O)NCC#N. The number of hydrogen-bond acceptors (Lipinski definition) is 4. The third-order valence-electron chi connectivity index (χ3n) is 2.79. The van der Waals surface area contributed by atoms with Crippen LogP contribution in [0.15, 0.2) is 0 Å². The van der Waals surface area contributed by atoms with Gasteiger partial charge in [0.2, 0.25) is 5.91 Å². The first kappa shape index (κ1) is 12.7. The van der Waals surface area contributed by atoms with Crippen molar-refractivity contribution in [1.29, 1.82) is 5.26 Å². The second-order valence-electron chi connectivity index (χ2n) is 4.03. The van der Waals surface area contributed by atoms with Crippen LogP contribution >= 0.6 is 0 Å². The number of ketones is 1. The van der Waals surface area contributed by atoms with Crippen molar-refractivity contribution >= 4 is 11.7 Å². The van der Waals surface area contributed by atoms with Crippen LogP contribution in [-0.4, -0.2) is 42.3 Å². The lowest BCUT2D eigenvalue weighted by atomic mass is 9.99. The Labute approximate surface area is 95.4 Å². The number of piperidine rings is 1. The van der Waals surface area contributed by atoms with Crippen LogP contribution in [0.4, 0.5) is 0 Å². The van der Waals surface area contributed by atoms with Crippen LogP contribution in [0.1, 0.15) is 26.2 Å². The third-order valence-corrected chi connectivity index (χ3v) is 2.79. The van der Waals surface area contributed by atoms with Gasteiger partial charge in [-0.2, -0.15) is 5.26 Å². The van der Waals surface area contributed by atoms with E-state index in [0.29, 0.717) is 0 Å². The minimum atomic E-state index is -0.185. The van der Waals surface area contributed by atoms with Crippen molar-refractivity contribution in [2.75, 3.05) is 19.6 Å². The molecule has 1 N–H and O–H groups in total. The maximum absolute atomic E-state index is 11.4. The molecule has 0 radical (unpaired) electrons. The summed E-state index contributed by atoms with van der Waals surface area (Å²) in [5.41, 5.74) is 0. The molecule has 5 nitrogen and oxygen atoms in total. The standard InChI is InChI=1S/C11H17N3O2/c1-9(15)10-4-2-3-7-14(10)8-11(16)13-6-5-12/h10H,2-4,6-8H2,1H3,(H,13,16). The zero-order chi connectivity index (χ0) is 12.0. The molecule has 1 amide bonds. The van der Waals surface area contributed by atoms with Crippen LogP contribution in [0, 0.1) is 11.3 Å². The predicted octanol–water partition coefficient (Wildman–Crippen LogP) is 0.0697. The topological polar surface area (TPSA) is 73.2 Å². The van der Waals surface area contributed by atoms with E-state index in [0.717, 1.165) is 25.8 Å². The summed E-state index contributed by atoms with van der Waals surface area (Å²) in [6.07, 6.45) is 2.90. The highest BCUT2D eigenvalue weighted by molar-refractivity contribution is 5.83. The van der Waals surface area contributed by atoms with Gasteiger partial charge in [0, 0.05) is 0 Å². The second kappa shape index (κ2) is 6.23. The summed E-state index contributed by atoms with van der Waals surface area (Å²) >= 11 is 0. The average molecular weight is 223 g/mol. The van der Waals surface area contributed by atoms with Crippen LogP contribution in [0.2, 0.25) is 0 Å². The van der Waals surface area contributed by atoms with Crippen LogP contribution in [0.25, 0.3) is 0 Å². The Kier molecular flexibility index (Phi) is 4.93. The molecule has 0 spiro atoms. The van der Waals surface area contributed by atoms with Gasteiger partial charge in [-0.05, 0) is 26.3 Å². The van der Waals surface area contributed by atoms with Gasteiger partial charge in [-0.15, -0.1) is 0 Å². The molecular formula is C11H17N3O2. The van der Waals surface area contributed by atoms with E-state index in [1.165, 1.54) is 0 Å².